The lowest BCUT2D eigenvalue weighted by Gasteiger charge is -2.32. The van der Waals surface area contributed by atoms with E-state index in [1.54, 1.807) is 49.4 Å². The highest BCUT2D eigenvalue weighted by Gasteiger charge is 2.33. The number of nitrogens with zero attached hydrogens (tertiary/aromatic N) is 2. The summed E-state index contributed by atoms with van der Waals surface area (Å²) in [5.74, 6) is -0.973. The molecule has 0 radical (unpaired) electrons. The van der Waals surface area contributed by atoms with Crippen LogP contribution in [0.5, 0.6) is 0 Å². The molecule has 0 aliphatic heterocycles. The molecule has 1 atom stereocenters. The summed E-state index contributed by atoms with van der Waals surface area (Å²) >= 11 is 18.8. The lowest BCUT2D eigenvalue weighted by molar-refractivity contribution is -0.139. The molecule has 2 amide bonds. The first-order valence-electron chi connectivity index (χ1n) is 12.8. The highest BCUT2D eigenvalue weighted by Crippen LogP contribution is 2.29. The number of aryl methyl sites for hydroxylation is 1. The first kappa shape index (κ1) is 31.7. The lowest BCUT2D eigenvalue weighted by atomic mass is 10.1. The summed E-state index contributed by atoms with van der Waals surface area (Å²) in [4.78, 5) is 28.3. The minimum atomic E-state index is -4.19. The van der Waals surface area contributed by atoms with Crippen LogP contribution in [0.25, 0.3) is 0 Å². The van der Waals surface area contributed by atoms with Crippen molar-refractivity contribution in [3.63, 3.8) is 0 Å². The Labute approximate surface area is 251 Å². The van der Waals surface area contributed by atoms with Gasteiger partial charge in [-0.25, -0.2) is 8.42 Å². The minimum absolute atomic E-state index is 0.0312. The molecule has 7 nitrogen and oxygen atoms in total. The number of hydrogen-bond donors (Lipinski definition) is 1. The van der Waals surface area contributed by atoms with Gasteiger partial charge in [0.15, 0.2) is 0 Å². The second kappa shape index (κ2) is 14.2. The van der Waals surface area contributed by atoms with Gasteiger partial charge in [-0.3, -0.25) is 13.9 Å². The number of nitrogens with one attached hydrogen (secondary N) is 1. The molecule has 0 aliphatic carbocycles. The monoisotopic (exact) mass is 623 g/mol. The number of carbonyl (C=O) groups is 2. The molecule has 0 heterocycles. The number of anilines is 1. The van der Waals surface area contributed by atoms with E-state index in [0.717, 1.165) is 22.7 Å². The van der Waals surface area contributed by atoms with Gasteiger partial charge in [-0.05, 0) is 68.8 Å². The standard InChI is InChI=1S/C29H32Cl3N3O4S/c1-4-5-17-33-29(37)21(3)34(18-25-26(31)7-6-8-27(25)32)28(36)19-35(23-13-9-20(2)10-14-23)40(38,39)24-15-11-22(30)12-16-24/h6-16,21H,4-5,17-19H2,1-3H3,(H,33,37). The quantitative estimate of drug-likeness (QED) is 0.234. The Morgan fingerprint density at radius 1 is 0.925 bits per heavy atom. The van der Waals surface area contributed by atoms with E-state index < -0.39 is 28.5 Å². The summed E-state index contributed by atoms with van der Waals surface area (Å²) in [7, 11) is -4.19. The van der Waals surface area contributed by atoms with E-state index in [4.69, 9.17) is 34.8 Å². The molecule has 0 aromatic heterocycles. The first-order chi connectivity index (χ1) is 18.9. The van der Waals surface area contributed by atoms with Crippen LogP contribution in [0.4, 0.5) is 5.69 Å². The van der Waals surface area contributed by atoms with Crippen LogP contribution in [-0.4, -0.2) is 44.3 Å². The highest BCUT2D eigenvalue weighted by atomic mass is 35.5. The van der Waals surface area contributed by atoms with Crippen LogP contribution in [0.2, 0.25) is 15.1 Å². The summed E-state index contributed by atoms with van der Waals surface area (Å²) in [6, 6.07) is 16.5. The van der Waals surface area contributed by atoms with Crippen molar-refractivity contribution >= 4 is 62.3 Å². The van der Waals surface area contributed by atoms with E-state index in [-0.39, 0.29) is 17.3 Å². The van der Waals surface area contributed by atoms with Gasteiger partial charge in [-0.15, -0.1) is 0 Å². The molecule has 0 bridgehead atoms. The number of amides is 2. The molecule has 0 saturated carbocycles. The van der Waals surface area contributed by atoms with Crippen LogP contribution in [0.3, 0.4) is 0 Å². The van der Waals surface area contributed by atoms with Crippen molar-refractivity contribution in [3.8, 4) is 0 Å². The molecule has 1 N–H and O–H groups in total. The fourth-order valence-corrected chi connectivity index (χ4v) is 6.00. The Hall–Kier alpha value is -2.78. The third-order valence-electron chi connectivity index (χ3n) is 6.39. The smallest absolute Gasteiger partial charge is 0.264 e. The second-order valence-electron chi connectivity index (χ2n) is 9.34. The molecule has 3 aromatic rings. The molecule has 11 heteroatoms. The van der Waals surface area contributed by atoms with Crippen molar-refractivity contribution in [2.75, 3.05) is 17.4 Å². The van der Waals surface area contributed by atoms with Crippen LogP contribution in [0.15, 0.2) is 71.6 Å². The molecule has 1 unspecified atom stereocenters. The van der Waals surface area contributed by atoms with Gasteiger partial charge in [-0.2, -0.15) is 0 Å². The zero-order valence-electron chi connectivity index (χ0n) is 22.5. The first-order valence-corrected chi connectivity index (χ1v) is 15.4. The molecule has 0 saturated heterocycles. The summed E-state index contributed by atoms with van der Waals surface area (Å²) < 4.78 is 28.7. The Morgan fingerprint density at radius 2 is 1.52 bits per heavy atom. The van der Waals surface area contributed by atoms with Crippen LogP contribution in [0.1, 0.15) is 37.8 Å². The zero-order chi connectivity index (χ0) is 29.4. The van der Waals surface area contributed by atoms with Gasteiger partial charge in [-0.1, -0.05) is 71.9 Å². The van der Waals surface area contributed by atoms with Crippen molar-refractivity contribution in [3.05, 3.63) is 92.9 Å². The van der Waals surface area contributed by atoms with Crippen molar-refractivity contribution in [1.82, 2.24) is 10.2 Å². The fourth-order valence-electron chi connectivity index (χ4n) is 3.95. The summed E-state index contributed by atoms with van der Waals surface area (Å²) in [6.07, 6.45) is 1.67. The average Bonchev–Trinajstić information content (AvgIpc) is 2.92. The van der Waals surface area contributed by atoms with Gasteiger partial charge in [0, 0.05) is 33.7 Å². The van der Waals surface area contributed by atoms with Gasteiger partial charge < -0.3 is 10.2 Å². The molecule has 0 fully saturated rings. The van der Waals surface area contributed by atoms with E-state index >= 15 is 0 Å². The fraction of sp³-hybridized carbons (Fsp3) is 0.310. The molecule has 214 valence electrons. The number of unbranched alkanes of at least 4 members (excludes halogenated alkanes) is 1. The van der Waals surface area contributed by atoms with Crippen molar-refractivity contribution < 1.29 is 18.0 Å². The number of halogens is 3. The third kappa shape index (κ3) is 7.91. The molecule has 3 aromatic carbocycles. The van der Waals surface area contributed by atoms with Gasteiger partial charge in [0.2, 0.25) is 11.8 Å². The molecular weight excluding hydrogens is 593 g/mol. The van der Waals surface area contributed by atoms with Crippen LogP contribution in [-0.2, 0) is 26.2 Å². The zero-order valence-corrected chi connectivity index (χ0v) is 25.6. The van der Waals surface area contributed by atoms with Crippen molar-refractivity contribution in [1.29, 1.82) is 0 Å². The summed E-state index contributed by atoms with van der Waals surface area (Å²) in [6.45, 7) is 5.26. The van der Waals surface area contributed by atoms with Gasteiger partial charge >= 0.3 is 0 Å². The lowest BCUT2D eigenvalue weighted by Crippen LogP contribution is -2.51. The Morgan fingerprint density at radius 3 is 2.10 bits per heavy atom. The normalized spacial score (nSPS) is 12.1. The number of carbonyl (C=O) groups excluding carboxylic acids is 2. The molecule has 3 rings (SSSR count). The van der Waals surface area contributed by atoms with E-state index in [9.17, 15) is 18.0 Å². The van der Waals surface area contributed by atoms with Crippen LogP contribution >= 0.6 is 34.8 Å². The Bertz CT molecular complexity index is 1410. The predicted molar refractivity (Wildman–Crippen MR) is 162 cm³/mol. The maximum atomic E-state index is 14.0. The van der Waals surface area contributed by atoms with Gasteiger partial charge in [0.25, 0.3) is 10.0 Å². The largest absolute Gasteiger partial charge is 0.354 e. The third-order valence-corrected chi connectivity index (χ3v) is 9.14. The molecule has 0 aliphatic rings. The van der Waals surface area contributed by atoms with E-state index in [0.29, 0.717) is 32.9 Å². The predicted octanol–water partition coefficient (Wildman–Crippen LogP) is 6.48. The van der Waals surface area contributed by atoms with E-state index in [1.165, 1.54) is 29.2 Å². The van der Waals surface area contributed by atoms with Crippen molar-refractivity contribution in [2.24, 2.45) is 0 Å². The van der Waals surface area contributed by atoms with Crippen LogP contribution in [0, 0.1) is 6.92 Å². The Balaban J connectivity index is 2.03. The highest BCUT2D eigenvalue weighted by molar-refractivity contribution is 7.92. The maximum absolute atomic E-state index is 14.0. The molecular formula is C29H32Cl3N3O4S. The topological polar surface area (TPSA) is 86.8 Å². The number of rotatable bonds is 12. The van der Waals surface area contributed by atoms with Gasteiger partial charge in [0.05, 0.1) is 10.6 Å². The van der Waals surface area contributed by atoms with Gasteiger partial charge in [0.1, 0.15) is 12.6 Å². The van der Waals surface area contributed by atoms with Crippen LogP contribution < -0.4 is 9.62 Å². The average molecular weight is 625 g/mol. The van der Waals surface area contributed by atoms with E-state index in [1.807, 2.05) is 13.8 Å². The van der Waals surface area contributed by atoms with E-state index in [2.05, 4.69) is 5.32 Å². The number of sulfonamides is 1. The second-order valence-corrected chi connectivity index (χ2v) is 12.5. The number of benzene rings is 3. The maximum Gasteiger partial charge on any atom is 0.264 e. The molecule has 0 spiro atoms. The van der Waals surface area contributed by atoms with Crippen molar-refractivity contribution in [2.45, 2.75) is 51.1 Å². The summed E-state index contributed by atoms with van der Waals surface area (Å²) in [5.41, 5.74) is 1.67. The number of hydrogen-bond acceptors (Lipinski definition) is 4. The summed E-state index contributed by atoms with van der Waals surface area (Å²) in [5, 5.41) is 3.87. The Kier molecular flexibility index (Phi) is 11.3. The molecule has 40 heavy (non-hydrogen) atoms. The SMILES string of the molecule is CCCCNC(=O)C(C)N(Cc1c(Cl)cccc1Cl)C(=O)CN(c1ccc(C)cc1)S(=O)(=O)c1ccc(Cl)cc1. The minimum Gasteiger partial charge on any atom is -0.354 e.